The molecule has 8 nitrogen and oxygen atoms in total. The van der Waals surface area contributed by atoms with Crippen molar-refractivity contribution in [3.8, 4) is 11.5 Å². The van der Waals surface area contributed by atoms with E-state index in [-0.39, 0.29) is 40.5 Å². The Kier molecular flexibility index (Phi) is 18.0. The van der Waals surface area contributed by atoms with E-state index in [0.717, 1.165) is 44.1 Å². The van der Waals surface area contributed by atoms with Crippen LogP contribution in [0.15, 0.2) is 48.5 Å². The molecule has 1 saturated carbocycles. The molecule has 0 aromatic heterocycles. The van der Waals surface area contributed by atoms with E-state index in [0.29, 0.717) is 19.1 Å². The van der Waals surface area contributed by atoms with Crippen molar-refractivity contribution in [1.29, 1.82) is 0 Å². The molecule has 0 amide bonds. The van der Waals surface area contributed by atoms with E-state index < -0.39 is 12.2 Å². The summed E-state index contributed by atoms with van der Waals surface area (Å²) in [6, 6.07) is 16.9. The summed E-state index contributed by atoms with van der Waals surface area (Å²) < 4.78 is 12.0. The summed E-state index contributed by atoms with van der Waals surface area (Å²) in [7, 11) is 0. The smallest absolute Gasteiger partial charge is 0.119 e. The van der Waals surface area contributed by atoms with E-state index in [1.54, 1.807) is 0 Å². The molecule has 5 N–H and O–H groups in total. The van der Waals surface area contributed by atoms with Gasteiger partial charge in [0.2, 0.25) is 0 Å². The molecule has 0 bridgehead atoms. The number of hydrogen-bond acceptors (Lipinski definition) is 8. The molecule has 2 aromatic carbocycles. The number of hydrogen-bond donors (Lipinski definition) is 5. The molecule has 4 atom stereocenters. The summed E-state index contributed by atoms with van der Waals surface area (Å²) in [5, 5.41) is 32.5. The first-order chi connectivity index (χ1) is 25.6. The van der Waals surface area contributed by atoms with Crippen molar-refractivity contribution in [1.82, 2.24) is 20.9 Å². The van der Waals surface area contributed by atoms with Gasteiger partial charge in [-0.15, -0.1) is 0 Å². The maximum atomic E-state index is 10.8. The first-order valence-corrected chi connectivity index (χ1v) is 21.4. The molecule has 2 aromatic rings. The predicted octanol–water partition coefficient (Wildman–Crippen LogP) is 8.33. The number of ether oxygens (including phenoxy) is 2. The summed E-state index contributed by atoms with van der Waals surface area (Å²) in [6.07, 6.45) is 7.14. The third kappa shape index (κ3) is 17.1. The lowest BCUT2D eigenvalue weighted by molar-refractivity contribution is 0.0546. The summed E-state index contributed by atoms with van der Waals surface area (Å²) in [5.41, 5.74) is 2.56. The zero-order valence-corrected chi connectivity index (χ0v) is 37.1. The molecule has 0 saturated heterocycles. The number of β-amino-alcohol motifs (C(OH)–C–C–N with tert-alkyl or cyclic N) is 1. The second kappa shape index (κ2) is 21.0. The van der Waals surface area contributed by atoms with E-state index >= 15 is 0 Å². The number of aliphatic hydroxyl groups is 2. The van der Waals surface area contributed by atoms with Crippen molar-refractivity contribution in [2.45, 2.75) is 163 Å². The highest BCUT2D eigenvalue weighted by atomic mass is 16.5. The first-order valence-electron chi connectivity index (χ1n) is 21.4. The Labute approximate surface area is 336 Å². The Morgan fingerprint density at radius 1 is 0.745 bits per heavy atom. The average Bonchev–Trinajstić information content (AvgIpc) is 3.08. The Balaban J connectivity index is 1.43. The fraction of sp³-hybridized carbons (Fsp3) is 0.745. The SMILES string of the molecule is CCCCN(CCCC)CC(C)(C)NCC(O)COc1ccc(C(C)(C)c2ccc(OCC(O)CNCC3(C)CC(NC(C)(C)C)CC(C)(C)C3)cc2)cc1. The molecule has 0 aliphatic heterocycles. The molecule has 3 rings (SSSR count). The largest absolute Gasteiger partial charge is 0.491 e. The summed E-state index contributed by atoms with van der Waals surface area (Å²) in [6.45, 7) is 32.8. The number of rotatable bonds is 24. The molecule has 314 valence electrons. The molecule has 1 aliphatic carbocycles. The van der Waals surface area contributed by atoms with E-state index in [9.17, 15) is 10.2 Å². The van der Waals surface area contributed by atoms with Gasteiger partial charge in [-0.1, -0.05) is 85.6 Å². The van der Waals surface area contributed by atoms with Crippen molar-refractivity contribution in [3.63, 3.8) is 0 Å². The maximum absolute atomic E-state index is 10.8. The second-order valence-electron chi connectivity index (χ2n) is 20.1. The minimum absolute atomic E-state index is 0.0984. The number of nitrogens with one attached hydrogen (secondary N) is 3. The molecule has 1 fully saturated rings. The Hall–Kier alpha value is -2.20. The van der Waals surface area contributed by atoms with Crippen LogP contribution < -0.4 is 25.4 Å². The highest BCUT2D eigenvalue weighted by Crippen LogP contribution is 2.46. The predicted molar refractivity (Wildman–Crippen MR) is 232 cm³/mol. The summed E-state index contributed by atoms with van der Waals surface area (Å²) in [5.74, 6) is 1.50. The minimum atomic E-state index is -0.602. The fourth-order valence-electron chi connectivity index (χ4n) is 8.67. The van der Waals surface area contributed by atoms with Crippen molar-refractivity contribution in [2.75, 3.05) is 52.5 Å². The topological polar surface area (TPSA) is 98.3 Å². The van der Waals surface area contributed by atoms with Crippen molar-refractivity contribution in [2.24, 2.45) is 10.8 Å². The van der Waals surface area contributed by atoms with E-state index in [2.05, 4.69) is 128 Å². The maximum Gasteiger partial charge on any atom is 0.119 e. The second-order valence-corrected chi connectivity index (χ2v) is 20.1. The quantitative estimate of drug-likeness (QED) is 0.0729. The zero-order valence-electron chi connectivity index (χ0n) is 37.1. The third-order valence-corrected chi connectivity index (χ3v) is 11.1. The Bertz CT molecular complexity index is 1360. The zero-order chi connectivity index (χ0) is 40.9. The van der Waals surface area contributed by atoms with Gasteiger partial charge in [-0.2, -0.15) is 0 Å². The minimum Gasteiger partial charge on any atom is -0.491 e. The van der Waals surface area contributed by atoms with Crippen LogP contribution in [0.2, 0.25) is 0 Å². The van der Waals surface area contributed by atoms with Crippen LogP contribution in [0, 0.1) is 10.8 Å². The summed E-state index contributed by atoms with van der Waals surface area (Å²) in [4.78, 5) is 2.55. The van der Waals surface area contributed by atoms with Crippen LogP contribution in [-0.2, 0) is 5.41 Å². The van der Waals surface area contributed by atoms with Gasteiger partial charge in [0.1, 0.15) is 36.9 Å². The molecule has 0 heterocycles. The van der Waals surface area contributed by atoms with Gasteiger partial charge in [0.05, 0.1) is 0 Å². The van der Waals surface area contributed by atoms with Crippen LogP contribution in [0.1, 0.15) is 139 Å². The number of benzene rings is 2. The molecule has 8 heteroatoms. The Morgan fingerprint density at radius 2 is 1.24 bits per heavy atom. The standard InChI is InChI=1S/C47H82N4O4/c1-13-15-25-51(26-16-14-2)35-45(8,9)49-30-40(53)32-55-42-23-19-37(20-24-42)46(10,11)36-17-21-41(22-18-36)54-31-39(52)29-48-34-47(12)28-38(50-43(3,4)5)27-44(6,7)33-47/h17-24,38-40,48-50,52-53H,13-16,25-35H2,1-12H3. The Morgan fingerprint density at radius 3 is 1.71 bits per heavy atom. The van der Waals surface area contributed by atoms with Crippen LogP contribution in [-0.4, -0.2) is 96.9 Å². The molecule has 4 unspecified atom stereocenters. The van der Waals surface area contributed by atoms with Crippen LogP contribution >= 0.6 is 0 Å². The number of nitrogens with zero attached hydrogens (tertiary/aromatic N) is 1. The lowest BCUT2D eigenvalue weighted by Crippen LogP contribution is -2.53. The van der Waals surface area contributed by atoms with Crippen LogP contribution in [0.4, 0.5) is 0 Å². The highest BCUT2D eigenvalue weighted by molar-refractivity contribution is 5.41. The van der Waals surface area contributed by atoms with Gasteiger partial charge >= 0.3 is 0 Å². The molecular formula is C47H82N4O4. The molecule has 55 heavy (non-hydrogen) atoms. The van der Waals surface area contributed by atoms with Gasteiger partial charge in [0, 0.05) is 48.7 Å². The van der Waals surface area contributed by atoms with Crippen molar-refractivity contribution < 1.29 is 19.7 Å². The number of aliphatic hydroxyl groups excluding tert-OH is 2. The van der Waals surface area contributed by atoms with Crippen LogP contribution in [0.25, 0.3) is 0 Å². The molecule has 0 radical (unpaired) electrons. The van der Waals surface area contributed by atoms with Crippen LogP contribution in [0.5, 0.6) is 11.5 Å². The van der Waals surface area contributed by atoms with E-state index in [1.807, 2.05) is 24.3 Å². The van der Waals surface area contributed by atoms with Gasteiger partial charge in [-0.3, -0.25) is 0 Å². The van der Waals surface area contributed by atoms with Crippen molar-refractivity contribution >= 4 is 0 Å². The van der Waals surface area contributed by atoms with Crippen LogP contribution in [0.3, 0.4) is 0 Å². The lowest BCUT2D eigenvalue weighted by Gasteiger charge is -2.48. The fourth-order valence-corrected chi connectivity index (χ4v) is 8.67. The van der Waals surface area contributed by atoms with E-state index in [4.69, 9.17) is 9.47 Å². The average molecular weight is 767 g/mol. The van der Waals surface area contributed by atoms with Gasteiger partial charge in [0.25, 0.3) is 0 Å². The monoisotopic (exact) mass is 767 g/mol. The molecule has 0 spiro atoms. The lowest BCUT2D eigenvalue weighted by atomic mass is 9.62. The first kappa shape index (κ1) is 47.2. The molecule has 1 aliphatic rings. The van der Waals surface area contributed by atoms with Gasteiger partial charge in [-0.25, -0.2) is 0 Å². The molecular weight excluding hydrogens is 685 g/mol. The van der Waals surface area contributed by atoms with Gasteiger partial charge in [0.15, 0.2) is 0 Å². The van der Waals surface area contributed by atoms with Gasteiger partial charge < -0.3 is 40.5 Å². The normalized spacial score (nSPS) is 20.4. The highest BCUT2D eigenvalue weighted by Gasteiger charge is 2.41. The van der Waals surface area contributed by atoms with Gasteiger partial charge in [-0.05, 0) is 126 Å². The third-order valence-electron chi connectivity index (χ3n) is 11.1. The van der Waals surface area contributed by atoms with E-state index in [1.165, 1.54) is 49.7 Å². The van der Waals surface area contributed by atoms with Crippen molar-refractivity contribution in [3.05, 3.63) is 59.7 Å². The summed E-state index contributed by atoms with van der Waals surface area (Å²) >= 11 is 0. The number of unbranched alkanes of at least 4 members (excludes halogenated alkanes) is 2.